The molecule has 3 nitrogen and oxygen atoms in total. The Kier molecular flexibility index (Phi) is 5.53. The Morgan fingerprint density at radius 2 is 1.95 bits per heavy atom. The van der Waals surface area contributed by atoms with Gasteiger partial charge in [-0.15, -0.1) is 0 Å². The van der Waals surface area contributed by atoms with Crippen LogP contribution < -0.4 is 4.90 Å². The summed E-state index contributed by atoms with van der Waals surface area (Å²) in [6.45, 7) is 5.16. The third-order valence-corrected chi connectivity index (χ3v) is 5.81. The molecule has 22 heavy (non-hydrogen) atoms. The van der Waals surface area contributed by atoms with Gasteiger partial charge in [0.05, 0.1) is 19.0 Å². The predicted molar refractivity (Wildman–Crippen MR) is 91.7 cm³/mol. The Balaban J connectivity index is 1.59. The molecule has 4 heteroatoms. The van der Waals surface area contributed by atoms with Gasteiger partial charge in [0.2, 0.25) is 5.91 Å². The summed E-state index contributed by atoms with van der Waals surface area (Å²) in [5, 5.41) is 0. The van der Waals surface area contributed by atoms with E-state index in [1.54, 1.807) is 4.90 Å². The molecule has 1 N–H and O–H groups in total. The Morgan fingerprint density at radius 3 is 2.73 bits per heavy atom. The van der Waals surface area contributed by atoms with Crippen LogP contribution in [-0.4, -0.2) is 37.0 Å². The molecule has 0 saturated carbocycles. The number of carbonyl (C=O) groups excluding carboxylic acids is 1. The highest BCUT2D eigenvalue weighted by Gasteiger charge is 2.32. The minimum Gasteiger partial charge on any atom is -0.342 e. The summed E-state index contributed by atoms with van der Waals surface area (Å²) >= 11 is 3.64. The molecule has 1 aromatic rings. The lowest BCUT2D eigenvalue weighted by atomic mass is 9.95. The van der Waals surface area contributed by atoms with Crippen molar-refractivity contribution in [2.24, 2.45) is 5.92 Å². The second-order valence-corrected chi connectivity index (χ2v) is 7.55. The largest absolute Gasteiger partial charge is 0.342 e. The molecule has 1 aromatic carbocycles. The van der Waals surface area contributed by atoms with E-state index < -0.39 is 0 Å². The maximum Gasteiger partial charge on any atom is 0.231 e. The summed E-state index contributed by atoms with van der Waals surface area (Å²) in [4.78, 5) is 16.4. The second kappa shape index (κ2) is 7.60. The zero-order valence-electron chi connectivity index (χ0n) is 13.2. The fourth-order valence-electron chi connectivity index (χ4n) is 3.81. The lowest BCUT2D eigenvalue weighted by molar-refractivity contribution is -0.921. The summed E-state index contributed by atoms with van der Waals surface area (Å²) in [6.07, 6.45) is 5.91. The normalized spacial score (nSPS) is 26.0. The van der Waals surface area contributed by atoms with Gasteiger partial charge in [-0.2, -0.15) is 0 Å². The highest BCUT2D eigenvalue weighted by molar-refractivity contribution is 9.10. The van der Waals surface area contributed by atoms with Crippen molar-refractivity contribution in [2.45, 2.75) is 38.6 Å². The first-order valence-electron chi connectivity index (χ1n) is 8.60. The highest BCUT2D eigenvalue weighted by atomic mass is 79.9. The fraction of sp³-hybridized carbons (Fsp3) is 0.611. The molecule has 2 heterocycles. The predicted octanol–water partition coefficient (Wildman–Crippen LogP) is 2.26. The third kappa shape index (κ3) is 3.90. The number of quaternary nitrogens is 1. The molecule has 0 spiro atoms. The number of rotatable bonds is 3. The molecule has 2 unspecified atom stereocenters. The van der Waals surface area contributed by atoms with E-state index in [2.05, 4.69) is 45.1 Å². The lowest BCUT2D eigenvalue weighted by Crippen LogP contribution is -3.12. The number of piperidine rings is 2. The van der Waals surface area contributed by atoms with Crippen molar-refractivity contribution in [3.8, 4) is 0 Å². The van der Waals surface area contributed by atoms with Crippen LogP contribution in [0.15, 0.2) is 28.7 Å². The smallest absolute Gasteiger partial charge is 0.231 e. The summed E-state index contributed by atoms with van der Waals surface area (Å²) in [5.41, 5.74) is 1.35. The Bertz CT molecular complexity index is 514. The SMILES string of the molecule is O=C(C1CCC[NH+](Cc2ccccc2Br)C1)N1CCCCC1. The van der Waals surface area contributed by atoms with Crippen molar-refractivity contribution in [3.63, 3.8) is 0 Å². The van der Waals surface area contributed by atoms with Gasteiger partial charge in [0, 0.05) is 23.1 Å². The lowest BCUT2D eigenvalue weighted by Gasteiger charge is -2.34. The molecular formula is C18H26BrN2O+. The van der Waals surface area contributed by atoms with Gasteiger partial charge in [-0.3, -0.25) is 4.79 Å². The van der Waals surface area contributed by atoms with E-state index in [1.807, 2.05) is 0 Å². The van der Waals surface area contributed by atoms with Gasteiger partial charge in [-0.25, -0.2) is 0 Å². The number of benzene rings is 1. The molecule has 0 radical (unpaired) electrons. The summed E-state index contributed by atoms with van der Waals surface area (Å²) in [7, 11) is 0. The van der Waals surface area contributed by atoms with E-state index >= 15 is 0 Å². The van der Waals surface area contributed by atoms with Crippen molar-refractivity contribution < 1.29 is 9.69 Å². The highest BCUT2D eigenvalue weighted by Crippen LogP contribution is 2.18. The van der Waals surface area contributed by atoms with Crippen LogP contribution in [0.4, 0.5) is 0 Å². The second-order valence-electron chi connectivity index (χ2n) is 6.70. The van der Waals surface area contributed by atoms with Crippen molar-refractivity contribution in [2.75, 3.05) is 26.2 Å². The first-order chi connectivity index (χ1) is 10.7. The van der Waals surface area contributed by atoms with E-state index in [0.29, 0.717) is 5.91 Å². The maximum absolute atomic E-state index is 12.7. The van der Waals surface area contributed by atoms with Crippen LogP contribution in [0.25, 0.3) is 0 Å². The summed E-state index contributed by atoms with van der Waals surface area (Å²) < 4.78 is 1.19. The molecule has 0 bridgehead atoms. The van der Waals surface area contributed by atoms with Crippen molar-refractivity contribution >= 4 is 21.8 Å². The molecule has 120 valence electrons. The van der Waals surface area contributed by atoms with Crippen molar-refractivity contribution in [1.29, 1.82) is 0 Å². The topological polar surface area (TPSA) is 24.8 Å². The summed E-state index contributed by atoms with van der Waals surface area (Å²) in [5.74, 6) is 0.661. The first kappa shape index (κ1) is 16.0. The van der Waals surface area contributed by atoms with Crippen molar-refractivity contribution in [3.05, 3.63) is 34.3 Å². The van der Waals surface area contributed by atoms with Gasteiger partial charge in [-0.05, 0) is 38.2 Å². The molecular weight excluding hydrogens is 340 g/mol. The van der Waals surface area contributed by atoms with Gasteiger partial charge in [-0.1, -0.05) is 34.1 Å². The fourth-order valence-corrected chi connectivity index (χ4v) is 4.23. The number of amides is 1. The van der Waals surface area contributed by atoms with Gasteiger partial charge in [0.15, 0.2) is 0 Å². The van der Waals surface area contributed by atoms with Crippen LogP contribution >= 0.6 is 15.9 Å². The zero-order chi connectivity index (χ0) is 15.4. The molecule has 2 atom stereocenters. The van der Waals surface area contributed by atoms with Gasteiger partial charge in [0.1, 0.15) is 6.54 Å². The van der Waals surface area contributed by atoms with Crippen LogP contribution in [0, 0.1) is 5.92 Å². The quantitative estimate of drug-likeness (QED) is 0.872. The first-order valence-corrected chi connectivity index (χ1v) is 9.39. The monoisotopic (exact) mass is 365 g/mol. The van der Waals surface area contributed by atoms with Crippen LogP contribution in [0.1, 0.15) is 37.7 Å². The molecule has 2 aliphatic rings. The molecule has 2 fully saturated rings. The Morgan fingerprint density at radius 1 is 1.18 bits per heavy atom. The van der Waals surface area contributed by atoms with E-state index in [9.17, 15) is 4.79 Å². The average Bonchev–Trinajstić information content (AvgIpc) is 2.57. The third-order valence-electron chi connectivity index (χ3n) is 5.03. The minimum absolute atomic E-state index is 0.240. The standard InChI is InChI=1S/C18H25BrN2O/c19-17-9-3-2-7-15(17)13-20-10-6-8-16(14-20)18(22)21-11-4-1-5-12-21/h2-3,7,9,16H,1,4-6,8,10-14H2/p+1. The zero-order valence-corrected chi connectivity index (χ0v) is 14.8. The van der Waals surface area contributed by atoms with Crippen LogP contribution in [0.2, 0.25) is 0 Å². The average molecular weight is 366 g/mol. The van der Waals surface area contributed by atoms with Crippen LogP contribution in [-0.2, 0) is 11.3 Å². The van der Waals surface area contributed by atoms with Crippen LogP contribution in [0.5, 0.6) is 0 Å². The number of nitrogens with zero attached hydrogens (tertiary/aromatic N) is 1. The number of carbonyl (C=O) groups is 1. The van der Waals surface area contributed by atoms with Gasteiger partial charge < -0.3 is 9.80 Å². The molecule has 2 saturated heterocycles. The molecule has 3 rings (SSSR count). The molecule has 1 amide bonds. The molecule has 2 aliphatic heterocycles. The number of likely N-dealkylation sites (tertiary alicyclic amines) is 2. The Hall–Kier alpha value is -0.870. The molecule has 0 aromatic heterocycles. The van der Waals surface area contributed by atoms with Gasteiger partial charge >= 0.3 is 0 Å². The van der Waals surface area contributed by atoms with Crippen LogP contribution in [0.3, 0.4) is 0 Å². The van der Waals surface area contributed by atoms with E-state index in [1.165, 1.54) is 42.3 Å². The Labute approximate surface area is 141 Å². The van der Waals surface area contributed by atoms with Gasteiger partial charge in [0.25, 0.3) is 0 Å². The molecule has 0 aliphatic carbocycles. The van der Waals surface area contributed by atoms with Crippen molar-refractivity contribution in [1.82, 2.24) is 4.90 Å². The van der Waals surface area contributed by atoms with E-state index in [0.717, 1.165) is 32.6 Å². The minimum atomic E-state index is 0.240. The number of hydrogen-bond acceptors (Lipinski definition) is 1. The number of nitrogens with one attached hydrogen (secondary N) is 1. The number of hydrogen-bond donors (Lipinski definition) is 1. The maximum atomic E-state index is 12.7. The summed E-state index contributed by atoms with van der Waals surface area (Å²) in [6, 6.07) is 8.45. The number of halogens is 1. The van der Waals surface area contributed by atoms with E-state index in [-0.39, 0.29) is 5.92 Å². The van der Waals surface area contributed by atoms with E-state index in [4.69, 9.17) is 0 Å².